The largest absolute Gasteiger partial charge is 0.348 e. The molecule has 1 aromatic rings. The lowest BCUT2D eigenvalue weighted by atomic mass is 10.1. The first-order valence-corrected chi connectivity index (χ1v) is 6.46. The number of benzene rings is 1. The molecule has 3 nitrogen and oxygen atoms in total. The van der Waals surface area contributed by atoms with Crippen molar-refractivity contribution in [2.75, 3.05) is 0 Å². The van der Waals surface area contributed by atoms with Gasteiger partial charge in [0.05, 0.1) is 12.1 Å². The zero-order valence-corrected chi connectivity index (χ0v) is 10.6. The first-order valence-electron chi connectivity index (χ1n) is 6.46. The molecule has 18 heavy (non-hydrogen) atoms. The third-order valence-corrected chi connectivity index (χ3v) is 3.44. The van der Waals surface area contributed by atoms with Gasteiger partial charge in [-0.1, -0.05) is 19.4 Å². The maximum Gasteiger partial charge on any atom is 0.237 e. The van der Waals surface area contributed by atoms with Crippen LogP contribution in [0.15, 0.2) is 18.2 Å². The van der Waals surface area contributed by atoms with Crippen LogP contribution in [0.3, 0.4) is 0 Å². The number of halogens is 1. The molecule has 1 amide bonds. The maximum absolute atomic E-state index is 13.1. The minimum absolute atomic E-state index is 0.0176. The van der Waals surface area contributed by atoms with E-state index in [1.165, 1.54) is 6.07 Å². The molecule has 2 rings (SSSR count). The lowest BCUT2D eigenvalue weighted by Crippen LogP contribution is -2.41. The standard InChI is InChI=1S/C14H19FN2O/c1-2-3-12(16)14(18)17-13-7-4-9-8-10(15)5-6-11(9)13/h5-6,8,12-13H,2-4,7,16H2,1H3,(H,17,18). The average molecular weight is 250 g/mol. The van der Waals surface area contributed by atoms with Crippen molar-refractivity contribution in [2.24, 2.45) is 5.73 Å². The summed E-state index contributed by atoms with van der Waals surface area (Å²) in [7, 11) is 0. The molecule has 0 radical (unpaired) electrons. The van der Waals surface area contributed by atoms with Crippen molar-refractivity contribution in [3.05, 3.63) is 35.1 Å². The van der Waals surface area contributed by atoms with E-state index in [0.29, 0.717) is 6.42 Å². The van der Waals surface area contributed by atoms with Crippen LogP contribution in [0, 0.1) is 5.82 Å². The first kappa shape index (κ1) is 13.0. The summed E-state index contributed by atoms with van der Waals surface area (Å²) < 4.78 is 13.1. The number of carbonyl (C=O) groups is 1. The molecule has 0 aliphatic heterocycles. The Bertz CT molecular complexity index is 447. The van der Waals surface area contributed by atoms with Gasteiger partial charge >= 0.3 is 0 Å². The summed E-state index contributed by atoms with van der Waals surface area (Å²) in [5.41, 5.74) is 7.79. The lowest BCUT2D eigenvalue weighted by molar-refractivity contribution is -0.123. The van der Waals surface area contributed by atoms with Crippen molar-refractivity contribution in [3.63, 3.8) is 0 Å². The molecule has 3 N–H and O–H groups in total. The van der Waals surface area contributed by atoms with Gasteiger partial charge in [0, 0.05) is 0 Å². The van der Waals surface area contributed by atoms with E-state index in [2.05, 4.69) is 5.32 Å². The number of rotatable bonds is 4. The first-order chi connectivity index (χ1) is 8.61. The van der Waals surface area contributed by atoms with Crippen LogP contribution in [0.4, 0.5) is 4.39 Å². The van der Waals surface area contributed by atoms with Crippen LogP contribution in [0.25, 0.3) is 0 Å². The van der Waals surface area contributed by atoms with Crippen LogP contribution in [0.1, 0.15) is 43.4 Å². The fourth-order valence-corrected chi connectivity index (χ4v) is 2.46. The van der Waals surface area contributed by atoms with Gasteiger partial charge < -0.3 is 11.1 Å². The van der Waals surface area contributed by atoms with Crippen molar-refractivity contribution in [1.82, 2.24) is 5.32 Å². The second-order valence-corrected chi connectivity index (χ2v) is 4.84. The van der Waals surface area contributed by atoms with E-state index in [4.69, 9.17) is 5.73 Å². The number of aryl methyl sites for hydroxylation is 1. The van der Waals surface area contributed by atoms with E-state index in [9.17, 15) is 9.18 Å². The summed E-state index contributed by atoms with van der Waals surface area (Å²) in [6.07, 6.45) is 3.21. The van der Waals surface area contributed by atoms with Crippen molar-refractivity contribution in [2.45, 2.75) is 44.7 Å². The highest BCUT2D eigenvalue weighted by atomic mass is 19.1. The monoisotopic (exact) mass is 250 g/mol. The number of nitrogens with one attached hydrogen (secondary N) is 1. The van der Waals surface area contributed by atoms with Crippen LogP contribution >= 0.6 is 0 Å². The Balaban J connectivity index is 2.03. The molecule has 0 fully saturated rings. The lowest BCUT2D eigenvalue weighted by Gasteiger charge is -2.17. The van der Waals surface area contributed by atoms with E-state index >= 15 is 0 Å². The molecular weight excluding hydrogens is 231 g/mol. The summed E-state index contributed by atoms with van der Waals surface area (Å²) in [6.45, 7) is 2.00. The van der Waals surface area contributed by atoms with Gasteiger partial charge in [-0.2, -0.15) is 0 Å². The molecule has 0 aromatic heterocycles. The normalized spacial score (nSPS) is 19.4. The van der Waals surface area contributed by atoms with Gasteiger partial charge in [0.25, 0.3) is 0 Å². The SMILES string of the molecule is CCCC(N)C(=O)NC1CCc2cc(F)ccc21. The smallest absolute Gasteiger partial charge is 0.237 e. The van der Waals surface area contributed by atoms with Crippen molar-refractivity contribution >= 4 is 5.91 Å². The minimum Gasteiger partial charge on any atom is -0.348 e. The topological polar surface area (TPSA) is 55.1 Å². The number of hydrogen-bond donors (Lipinski definition) is 2. The molecule has 0 saturated carbocycles. The molecule has 0 bridgehead atoms. The fraction of sp³-hybridized carbons (Fsp3) is 0.500. The predicted octanol–water partition coefficient (Wildman–Crippen LogP) is 2.06. The zero-order chi connectivity index (χ0) is 13.1. The van der Waals surface area contributed by atoms with Gasteiger partial charge in [-0.05, 0) is 42.5 Å². The molecule has 4 heteroatoms. The highest BCUT2D eigenvalue weighted by Crippen LogP contribution is 2.31. The number of hydrogen-bond acceptors (Lipinski definition) is 2. The minimum atomic E-state index is -0.445. The van der Waals surface area contributed by atoms with E-state index in [1.54, 1.807) is 12.1 Å². The third kappa shape index (κ3) is 2.70. The van der Waals surface area contributed by atoms with Gasteiger partial charge in [0.2, 0.25) is 5.91 Å². The van der Waals surface area contributed by atoms with Crippen LogP contribution in [0.2, 0.25) is 0 Å². The molecular formula is C14H19FN2O. The van der Waals surface area contributed by atoms with Crippen molar-refractivity contribution in [3.8, 4) is 0 Å². The van der Waals surface area contributed by atoms with Crippen LogP contribution in [0.5, 0.6) is 0 Å². The van der Waals surface area contributed by atoms with E-state index in [0.717, 1.165) is 30.4 Å². The molecule has 0 spiro atoms. The molecule has 2 unspecified atom stereocenters. The summed E-state index contributed by atoms with van der Waals surface area (Å²) >= 11 is 0. The number of amides is 1. The van der Waals surface area contributed by atoms with Crippen molar-refractivity contribution < 1.29 is 9.18 Å². The quantitative estimate of drug-likeness (QED) is 0.859. The van der Waals surface area contributed by atoms with Gasteiger partial charge in [-0.3, -0.25) is 4.79 Å². The molecule has 1 aliphatic carbocycles. The molecule has 98 valence electrons. The molecule has 2 atom stereocenters. The Kier molecular flexibility index (Phi) is 3.97. The van der Waals surface area contributed by atoms with Crippen LogP contribution < -0.4 is 11.1 Å². The molecule has 1 aromatic carbocycles. The van der Waals surface area contributed by atoms with E-state index in [-0.39, 0.29) is 17.8 Å². The van der Waals surface area contributed by atoms with Crippen LogP contribution in [-0.2, 0) is 11.2 Å². The number of carbonyl (C=O) groups excluding carboxylic acids is 1. The zero-order valence-electron chi connectivity index (χ0n) is 10.6. The Hall–Kier alpha value is -1.42. The Morgan fingerprint density at radius 2 is 2.39 bits per heavy atom. The predicted molar refractivity (Wildman–Crippen MR) is 68.5 cm³/mol. The van der Waals surface area contributed by atoms with Gasteiger partial charge in [-0.25, -0.2) is 4.39 Å². The summed E-state index contributed by atoms with van der Waals surface area (Å²) in [5, 5.41) is 2.95. The Morgan fingerprint density at radius 3 is 3.11 bits per heavy atom. The van der Waals surface area contributed by atoms with E-state index in [1.807, 2.05) is 6.92 Å². The summed E-state index contributed by atoms with van der Waals surface area (Å²) in [4.78, 5) is 11.9. The number of fused-ring (bicyclic) bond motifs is 1. The maximum atomic E-state index is 13.1. The van der Waals surface area contributed by atoms with Crippen molar-refractivity contribution in [1.29, 1.82) is 0 Å². The average Bonchev–Trinajstić information content (AvgIpc) is 2.72. The molecule has 0 saturated heterocycles. The third-order valence-electron chi connectivity index (χ3n) is 3.44. The summed E-state index contributed by atoms with van der Waals surface area (Å²) in [6, 6.07) is 4.28. The number of nitrogens with two attached hydrogens (primary N) is 1. The second kappa shape index (κ2) is 5.48. The Labute approximate surface area is 107 Å². The van der Waals surface area contributed by atoms with Gasteiger partial charge in [0.1, 0.15) is 5.82 Å². The van der Waals surface area contributed by atoms with Gasteiger partial charge in [0.15, 0.2) is 0 Å². The van der Waals surface area contributed by atoms with E-state index < -0.39 is 6.04 Å². The second-order valence-electron chi connectivity index (χ2n) is 4.84. The van der Waals surface area contributed by atoms with Crippen LogP contribution in [-0.4, -0.2) is 11.9 Å². The highest BCUT2D eigenvalue weighted by Gasteiger charge is 2.25. The summed E-state index contributed by atoms with van der Waals surface area (Å²) in [5.74, 6) is -0.331. The fourth-order valence-electron chi connectivity index (χ4n) is 2.46. The Morgan fingerprint density at radius 1 is 1.61 bits per heavy atom. The molecule has 1 aliphatic rings. The highest BCUT2D eigenvalue weighted by molar-refractivity contribution is 5.82. The molecule has 0 heterocycles. The van der Waals surface area contributed by atoms with Gasteiger partial charge in [-0.15, -0.1) is 0 Å².